The van der Waals surface area contributed by atoms with Gasteiger partial charge in [0.25, 0.3) is 0 Å². The molecular formula is C15H13BrClFO. The van der Waals surface area contributed by atoms with Gasteiger partial charge in [-0.3, -0.25) is 0 Å². The summed E-state index contributed by atoms with van der Waals surface area (Å²) >= 11 is 9.24. The summed E-state index contributed by atoms with van der Waals surface area (Å²) in [5.41, 5.74) is 1.64. The van der Waals surface area contributed by atoms with Gasteiger partial charge in [-0.1, -0.05) is 41.9 Å². The van der Waals surface area contributed by atoms with Crippen LogP contribution in [0.5, 0.6) is 0 Å². The molecule has 1 unspecified atom stereocenters. The van der Waals surface area contributed by atoms with Crippen molar-refractivity contribution in [2.45, 2.75) is 18.9 Å². The Morgan fingerprint density at radius 1 is 1.05 bits per heavy atom. The first-order valence-corrected chi connectivity index (χ1v) is 7.09. The van der Waals surface area contributed by atoms with Crippen LogP contribution < -0.4 is 0 Å². The number of aliphatic hydroxyl groups excluding tert-OH is 1. The number of benzene rings is 2. The highest BCUT2D eigenvalue weighted by Crippen LogP contribution is 2.23. The van der Waals surface area contributed by atoms with Gasteiger partial charge in [0, 0.05) is 11.4 Å². The Kier molecular flexibility index (Phi) is 4.97. The second kappa shape index (κ2) is 6.51. The van der Waals surface area contributed by atoms with Crippen LogP contribution in [-0.4, -0.2) is 11.2 Å². The summed E-state index contributed by atoms with van der Waals surface area (Å²) in [7, 11) is 0. The van der Waals surface area contributed by atoms with E-state index in [1.807, 2.05) is 18.2 Å². The maximum absolute atomic E-state index is 13.4. The van der Waals surface area contributed by atoms with Crippen LogP contribution in [0.15, 0.2) is 46.9 Å². The van der Waals surface area contributed by atoms with Crippen molar-refractivity contribution in [1.82, 2.24) is 0 Å². The molecule has 100 valence electrons. The van der Waals surface area contributed by atoms with Crippen LogP contribution in [0.4, 0.5) is 4.39 Å². The Bertz CT molecular complexity index is 574. The minimum Gasteiger partial charge on any atom is -0.392 e. The number of aliphatic hydroxyl groups is 1. The molecule has 0 saturated carbocycles. The fraction of sp³-hybridized carbons (Fsp3) is 0.200. The van der Waals surface area contributed by atoms with Crippen LogP contribution in [0.3, 0.4) is 0 Å². The van der Waals surface area contributed by atoms with E-state index in [0.717, 1.165) is 11.1 Å². The van der Waals surface area contributed by atoms with Crippen LogP contribution >= 0.6 is 27.5 Å². The van der Waals surface area contributed by atoms with E-state index in [4.69, 9.17) is 11.6 Å². The molecule has 19 heavy (non-hydrogen) atoms. The molecule has 0 aromatic heterocycles. The van der Waals surface area contributed by atoms with Gasteiger partial charge in [0.1, 0.15) is 5.82 Å². The number of halogens is 3. The van der Waals surface area contributed by atoms with E-state index in [1.54, 1.807) is 18.2 Å². The van der Waals surface area contributed by atoms with E-state index in [9.17, 15) is 9.50 Å². The third-order valence-corrected chi connectivity index (χ3v) is 4.16. The zero-order chi connectivity index (χ0) is 13.8. The maximum atomic E-state index is 13.4. The smallest absolute Gasteiger partial charge is 0.137 e. The molecule has 1 atom stereocenters. The Morgan fingerprint density at radius 2 is 1.68 bits per heavy atom. The van der Waals surface area contributed by atoms with Crippen molar-refractivity contribution in [3.8, 4) is 0 Å². The number of hydrogen-bond donors (Lipinski definition) is 1. The third-order valence-electron chi connectivity index (χ3n) is 2.90. The molecule has 0 aliphatic rings. The van der Waals surface area contributed by atoms with Crippen LogP contribution in [0.1, 0.15) is 11.1 Å². The second-order valence-electron chi connectivity index (χ2n) is 4.37. The molecule has 0 amide bonds. The molecule has 2 rings (SSSR count). The zero-order valence-corrected chi connectivity index (χ0v) is 12.5. The summed E-state index contributed by atoms with van der Waals surface area (Å²) in [5.74, 6) is -0.317. The summed E-state index contributed by atoms with van der Waals surface area (Å²) in [5, 5.41) is 10.7. The van der Waals surface area contributed by atoms with Crippen LogP contribution in [0, 0.1) is 5.82 Å². The lowest BCUT2D eigenvalue weighted by molar-refractivity contribution is 0.175. The van der Waals surface area contributed by atoms with Crippen molar-refractivity contribution in [2.75, 3.05) is 0 Å². The minimum absolute atomic E-state index is 0.317. The van der Waals surface area contributed by atoms with Gasteiger partial charge in [0.05, 0.1) is 10.6 Å². The summed E-state index contributed by atoms with van der Waals surface area (Å²) in [6.07, 6.45) is 0.227. The van der Waals surface area contributed by atoms with Crippen molar-refractivity contribution >= 4 is 27.5 Å². The highest BCUT2D eigenvalue weighted by molar-refractivity contribution is 9.10. The first kappa shape index (κ1) is 14.5. The molecule has 0 aliphatic heterocycles. The maximum Gasteiger partial charge on any atom is 0.137 e. The molecule has 1 N–H and O–H groups in total. The normalized spacial score (nSPS) is 12.4. The zero-order valence-electron chi connectivity index (χ0n) is 10.1. The average Bonchev–Trinajstić information content (AvgIpc) is 2.38. The molecule has 2 aromatic carbocycles. The first-order valence-electron chi connectivity index (χ1n) is 5.92. The lowest BCUT2D eigenvalue weighted by Crippen LogP contribution is -2.14. The fourth-order valence-corrected chi connectivity index (χ4v) is 2.59. The Hall–Kier alpha value is -0.900. The minimum atomic E-state index is -0.599. The van der Waals surface area contributed by atoms with Crippen LogP contribution in [0.25, 0.3) is 0 Å². The molecule has 0 aliphatic carbocycles. The summed E-state index contributed by atoms with van der Waals surface area (Å²) in [4.78, 5) is 0. The Labute approximate surface area is 125 Å². The molecule has 0 saturated heterocycles. The SMILES string of the molecule is OC(Cc1ccccc1Cl)Cc1cccc(F)c1Br. The molecule has 0 radical (unpaired) electrons. The standard InChI is InChI=1S/C15H13BrClFO/c16-15-11(5-3-7-14(15)18)9-12(19)8-10-4-1-2-6-13(10)17/h1-7,12,19H,8-9H2. The summed E-state index contributed by atoms with van der Waals surface area (Å²) in [6, 6.07) is 12.2. The summed E-state index contributed by atoms with van der Waals surface area (Å²) in [6.45, 7) is 0. The quantitative estimate of drug-likeness (QED) is 0.873. The van der Waals surface area contributed by atoms with Crippen molar-refractivity contribution in [3.05, 3.63) is 68.9 Å². The Balaban J connectivity index is 2.08. The highest BCUT2D eigenvalue weighted by atomic mass is 79.9. The molecule has 0 fully saturated rings. The van der Waals surface area contributed by atoms with Gasteiger partial charge >= 0.3 is 0 Å². The topological polar surface area (TPSA) is 20.2 Å². The molecule has 4 heteroatoms. The van der Waals surface area contributed by atoms with E-state index in [1.165, 1.54) is 6.07 Å². The van der Waals surface area contributed by atoms with E-state index < -0.39 is 6.10 Å². The monoisotopic (exact) mass is 342 g/mol. The highest BCUT2D eigenvalue weighted by Gasteiger charge is 2.12. The van der Waals surface area contributed by atoms with Gasteiger partial charge < -0.3 is 5.11 Å². The average molecular weight is 344 g/mol. The van der Waals surface area contributed by atoms with E-state index in [2.05, 4.69) is 15.9 Å². The molecule has 0 heterocycles. The van der Waals surface area contributed by atoms with Gasteiger partial charge in [-0.2, -0.15) is 0 Å². The lowest BCUT2D eigenvalue weighted by atomic mass is 10.0. The number of rotatable bonds is 4. The third kappa shape index (κ3) is 3.78. The van der Waals surface area contributed by atoms with Crippen LogP contribution in [-0.2, 0) is 12.8 Å². The van der Waals surface area contributed by atoms with Crippen molar-refractivity contribution in [3.63, 3.8) is 0 Å². The van der Waals surface area contributed by atoms with Crippen molar-refractivity contribution in [1.29, 1.82) is 0 Å². The summed E-state index contributed by atoms with van der Waals surface area (Å²) < 4.78 is 13.8. The van der Waals surface area contributed by atoms with Gasteiger partial charge in [-0.15, -0.1) is 0 Å². The number of hydrogen-bond acceptors (Lipinski definition) is 1. The van der Waals surface area contributed by atoms with E-state index >= 15 is 0 Å². The second-order valence-corrected chi connectivity index (χ2v) is 5.57. The van der Waals surface area contributed by atoms with Gasteiger partial charge in [0.2, 0.25) is 0 Å². The molecule has 0 bridgehead atoms. The predicted molar refractivity (Wildman–Crippen MR) is 79.0 cm³/mol. The molecular weight excluding hydrogens is 331 g/mol. The van der Waals surface area contributed by atoms with Crippen molar-refractivity contribution < 1.29 is 9.50 Å². The first-order chi connectivity index (χ1) is 9.08. The predicted octanol–water partition coefficient (Wildman–Crippen LogP) is 4.39. The van der Waals surface area contributed by atoms with Gasteiger partial charge in [-0.05, 0) is 45.6 Å². The lowest BCUT2D eigenvalue weighted by Gasteiger charge is -2.13. The molecule has 0 spiro atoms. The van der Waals surface area contributed by atoms with Crippen molar-refractivity contribution in [2.24, 2.45) is 0 Å². The molecule has 1 nitrogen and oxygen atoms in total. The largest absolute Gasteiger partial charge is 0.392 e. The van der Waals surface area contributed by atoms with E-state index in [-0.39, 0.29) is 5.82 Å². The van der Waals surface area contributed by atoms with Crippen LogP contribution in [0.2, 0.25) is 5.02 Å². The van der Waals surface area contributed by atoms with Gasteiger partial charge in [-0.25, -0.2) is 4.39 Å². The fourth-order valence-electron chi connectivity index (χ4n) is 1.95. The van der Waals surface area contributed by atoms with E-state index in [0.29, 0.717) is 22.3 Å². The molecule has 2 aromatic rings. The van der Waals surface area contributed by atoms with Gasteiger partial charge in [0.15, 0.2) is 0 Å². The Morgan fingerprint density at radius 3 is 2.42 bits per heavy atom.